The van der Waals surface area contributed by atoms with Crippen LogP contribution in [0.4, 0.5) is 11.4 Å². The Kier molecular flexibility index (Phi) is 4.84. The minimum absolute atomic E-state index is 0.0596. The molecule has 2 unspecified atom stereocenters. The summed E-state index contributed by atoms with van der Waals surface area (Å²) in [7, 11) is 0. The van der Waals surface area contributed by atoms with Crippen LogP contribution < -0.4 is 10.1 Å². The first-order valence-electron chi connectivity index (χ1n) is 8.32. The summed E-state index contributed by atoms with van der Waals surface area (Å²) >= 11 is 5.92. The van der Waals surface area contributed by atoms with Crippen LogP contribution >= 0.6 is 11.6 Å². The molecule has 142 valence electrons. The molecule has 3 rings (SSSR count). The summed E-state index contributed by atoms with van der Waals surface area (Å²) in [4.78, 5) is 21.9. The van der Waals surface area contributed by atoms with Crippen LogP contribution in [-0.4, -0.2) is 16.0 Å². The number of aliphatic hydroxyl groups excluding tert-OH is 1. The summed E-state index contributed by atoms with van der Waals surface area (Å²) in [6.07, 6.45) is -0.885. The van der Waals surface area contributed by atoms with Gasteiger partial charge < -0.3 is 15.2 Å². The van der Waals surface area contributed by atoms with Crippen LogP contribution in [0.15, 0.2) is 36.4 Å². The minimum atomic E-state index is -0.885. The number of halogens is 1. The largest absolute Gasteiger partial charge is 0.427 e. The van der Waals surface area contributed by atoms with Crippen molar-refractivity contribution in [2.45, 2.75) is 32.9 Å². The lowest BCUT2D eigenvalue weighted by molar-refractivity contribution is -0.384. The highest BCUT2D eigenvalue weighted by atomic mass is 35.5. The molecule has 7 nitrogen and oxygen atoms in total. The first-order chi connectivity index (χ1) is 12.6. The fourth-order valence-corrected chi connectivity index (χ4v) is 3.58. The Hall–Kier alpha value is -2.64. The van der Waals surface area contributed by atoms with Crippen LogP contribution in [0.2, 0.25) is 5.02 Å². The molecule has 2 N–H and O–H groups in total. The van der Waals surface area contributed by atoms with E-state index in [1.807, 2.05) is 13.8 Å². The van der Waals surface area contributed by atoms with Crippen LogP contribution in [0.1, 0.15) is 44.0 Å². The van der Waals surface area contributed by atoms with E-state index in [4.69, 9.17) is 16.3 Å². The van der Waals surface area contributed by atoms with Gasteiger partial charge in [-0.3, -0.25) is 14.9 Å². The lowest BCUT2D eigenvalue weighted by atomic mass is 9.70. The van der Waals surface area contributed by atoms with Gasteiger partial charge in [-0.1, -0.05) is 31.5 Å². The summed E-state index contributed by atoms with van der Waals surface area (Å²) in [5, 5.41) is 25.6. The molecule has 0 aliphatic carbocycles. The first-order valence-corrected chi connectivity index (χ1v) is 8.70. The van der Waals surface area contributed by atoms with Gasteiger partial charge in [0, 0.05) is 29.7 Å². The number of anilines is 1. The number of nitrogens with zero attached hydrogens (tertiary/aromatic N) is 1. The van der Waals surface area contributed by atoms with E-state index in [-0.39, 0.29) is 10.7 Å². The summed E-state index contributed by atoms with van der Waals surface area (Å²) in [6.45, 7) is 5.02. The summed E-state index contributed by atoms with van der Waals surface area (Å²) < 4.78 is 5.10. The highest BCUT2D eigenvalue weighted by Crippen LogP contribution is 2.52. The topological polar surface area (TPSA) is 102 Å². The molecule has 0 radical (unpaired) electrons. The highest BCUT2D eigenvalue weighted by Gasteiger charge is 2.43. The van der Waals surface area contributed by atoms with Crippen LogP contribution in [0.5, 0.6) is 5.75 Å². The van der Waals surface area contributed by atoms with E-state index in [1.54, 1.807) is 24.3 Å². The Morgan fingerprint density at radius 2 is 2.00 bits per heavy atom. The van der Waals surface area contributed by atoms with Gasteiger partial charge in [-0.15, -0.1) is 0 Å². The Balaban J connectivity index is 2.04. The average molecular weight is 391 g/mol. The molecule has 0 fully saturated rings. The lowest BCUT2D eigenvalue weighted by Crippen LogP contribution is -2.38. The first kappa shape index (κ1) is 19.1. The fraction of sp³-hybridized carbons (Fsp3) is 0.316. The lowest BCUT2D eigenvalue weighted by Gasteiger charge is -2.44. The molecule has 0 bridgehead atoms. The van der Waals surface area contributed by atoms with E-state index >= 15 is 0 Å². The quantitative estimate of drug-likeness (QED) is 0.348. The van der Waals surface area contributed by atoms with Crippen LogP contribution in [0, 0.1) is 15.5 Å². The number of rotatable bonds is 3. The molecule has 2 aromatic carbocycles. The maximum Gasteiger partial charge on any atom is 0.308 e. The van der Waals surface area contributed by atoms with Gasteiger partial charge in [-0.2, -0.15) is 0 Å². The molecule has 0 saturated carbocycles. The number of carbonyl (C=O) groups excluding carboxylic acids is 1. The zero-order valence-electron chi connectivity index (χ0n) is 15.0. The summed E-state index contributed by atoms with van der Waals surface area (Å²) in [6, 6.07) is 9.18. The van der Waals surface area contributed by atoms with Gasteiger partial charge in [-0.25, -0.2) is 0 Å². The Morgan fingerprint density at radius 3 is 2.63 bits per heavy atom. The molecule has 1 aliphatic heterocycles. The molecule has 0 saturated heterocycles. The number of benzene rings is 2. The number of hydrogen-bond acceptors (Lipinski definition) is 6. The SMILES string of the molecule is CC(=O)Oc1ccc2c(c1)C(O)C(C)(C)C(c1ccc(Cl)c([N+](=O)[O-])c1)N2. The van der Waals surface area contributed by atoms with Crippen molar-refractivity contribution >= 4 is 28.9 Å². The molecule has 1 heterocycles. The van der Waals surface area contributed by atoms with Gasteiger partial charge in [0.2, 0.25) is 0 Å². The molecular weight excluding hydrogens is 372 g/mol. The third kappa shape index (κ3) is 3.48. The molecule has 1 aliphatic rings. The standard InChI is InChI=1S/C19H19ClN2O5/c1-10(23)27-12-5-7-15-13(9-12)18(24)19(2,3)17(21-15)11-4-6-14(20)16(8-11)22(25)26/h4-9,17-18,21,24H,1-3H3. The number of fused-ring (bicyclic) bond motifs is 1. The maximum atomic E-state index is 11.2. The van der Waals surface area contributed by atoms with E-state index in [0.29, 0.717) is 22.6 Å². The monoisotopic (exact) mass is 390 g/mol. The Morgan fingerprint density at radius 1 is 1.30 bits per heavy atom. The van der Waals surface area contributed by atoms with Crippen LogP contribution in [0.3, 0.4) is 0 Å². The second-order valence-electron chi connectivity index (χ2n) is 7.11. The second kappa shape index (κ2) is 6.83. The number of ether oxygens (including phenoxy) is 1. The van der Waals surface area contributed by atoms with Gasteiger partial charge in [0.15, 0.2) is 0 Å². The van der Waals surface area contributed by atoms with Crippen molar-refractivity contribution in [3.05, 3.63) is 62.7 Å². The van der Waals surface area contributed by atoms with Crippen molar-refractivity contribution in [3.63, 3.8) is 0 Å². The molecule has 27 heavy (non-hydrogen) atoms. The number of aliphatic hydroxyl groups is 1. The zero-order valence-corrected chi connectivity index (χ0v) is 15.8. The predicted octanol–water partition coefficient (Wildman–Crippen LogP) is 4.40. The maximum absolute atomic E-state index is 11.2. The van der Waals surface area contributed by atoms with Crippen molar-refractivity contribution in [1.29, 1.82) is 0 Å². The molecule has 8 heteroatoms. The smallest absolute Gasteiger partial charge is 0.308 e. The van der Waals surface area contributed by atoms with E-state index in [9.17, 15) is 20.0 Å². The number of carbonyl (C=O) groups is 1. The average Bonchev–Trinajstić information content (AvgIpc) is 2.58. The molecule has 2 aromatic rings. The van der Waals surface area contributed by atoms with Gasteiger partial charge in [0.25, 0.3) is 5.69 Å². The number of nitrogens with one attached hydrogen (secondary N) is 1. The Labute approximate surface area is 161 Å². The second-order valence-corrected chi connectivity index (χ2v) is 7.52. The molecule has 0 spiro atoms. The van der Waals surface area contributed by atoms with Crippen molar-refractivity contribution in [2.24, 2.45) is 5.41 Å². The molecule has 0 aromatic heterocycles. The number of esters is 1. The molecule has 0 amide bonds. The number of hydrogen-bond donors (Lipinski definition) is 2. The number of nitro benzene ring substituents is 1. The van der Waals surface area contributed by atoms with Gasteiger partial charge in [-0.05, 0) is 29.8 Å². The predicted molar refractivity (Wildman–Crippen MR) is 101 cm³/mol. The minimum Gasteiger partial charge on any atom is -0.427 e. The summed E-state index contributed by atoms with van der Waals surface area (Å²) in [5.41, 5.74) is 1.02. The number of nitro groups is 1. The normalized spacial score (nSPS) is 20.3. The fourth-order valence-electron chi connectivity index (χ4n) is 3.39. The highest BCUT2D eigenvalue weighted by molar-refractivity contribution is 6.32. The van der Waals surface area contributed by atoms with E-state index < -0.39 is 28.5 Å². The Bertz CT molecular complexity index is 928. The van der Waals surface area contributed by atoms with E-state index in [2.05, 4.69) is 5.32 Å². The van der Waals surface area contributed by atoms with Crippen LogP contribution in [-0.2, 0) is 4.79 Å². The van der Waals surface area contributed by atoms with Gasteiger partial charge >= 0.3 is 5.97 Å². The zero-order chi connectivity index (χ0) is 19.9. The van der Waals surface area contributed by atoms with Gasteiger partial charge in [0.05, 0.1) is 17.1 Å². The van der Waals surface area contributed by atoms with Crippen molar-refractivity contribution in [1.82, 2.24) is 0 Å². The molecule has 2 atom stereocenters. The van der Waals surface area contributed by atoms with Crippen molar-refractivity contribution in [3.8, 4) is 5.75 Å². The van der Waals surface area contributed by atoms with Crippen molar-refractivity contribution < 1.29 is 19.6 Å². The van der Waals surface area contributed by atoms with Gasteiger partial charge in [0.1, 0.15) is 10.8 Å². The van der Waals surface area contributed by atoms with E-state index in [1.165, 1.54) is 19.1 Å². The van der Waals surface area contributed by atoms with Crippen molar-refractivity contribution in [2.75, 3.05) is 5.32 Å². The molecular formula is C19H19ClN2O5. The third-order valence-electron chi connectivity index (χ3n) is 4.83. The summed E-state index contributed by atoms with van der Waals surface area (Å²) in [5.74, 6) is -0.0997. The van der Waals surface area contributed by atoms with Crippen LogP contribution in [0.25, 0.3) is 0 Å². The van der Waals surface area contributed by atoms with E-state index in [0.717, 1.165) is 0 Å². The third-order valence-corrected chi connectivity index (χ3v) is 5.15.